The summed E-state index contributed by atoms with van der Waals surface area (Å²) < 4.78 is 25.2. The second kappa shape index (κ2) is 8.20. The molecule has 1 aromatic carbocycles. The van der Waals surface area contributed by atoms with Crippen LogP contribution >= 0.6 is 11.8 Å². The maximum atomic E-state index is 13.1. The van der Waals surface area contributed by atoms with Crippen LogP contribution in [0.5, 0.6) is 0 Å². The Labute approximate surface area is 164 Å². The number of rotatable bonds is 6. The second-order valence-electron chi connectivity index (χ2n) is 7.16. The molecule has 0 aromatic heterocycles. The molecule has 0 saturated carbocycles. The van der Waals surface area contributed by atoms with Crippen molar-refractivity contribution in [3.05, 3.63) is 29.8 Å². The van der Waals surface area contributed by atoms with Gasteiger partial charge in [-0.15, -0.1) is 11.8 Å². The van der Waals surface area contributed by atoms with Crippen LogP contribution in [-0.4, -0.2) is 48.4 Å². The zero-order valence-corrected chi connectivity index (χ0v) is 17.5. The molecule has 3 N–H and O–H groups in total. The van der Waals surface area contributed by atoms with Gasteiger partial charge in [0.15, 0.2) is 9.84 Å². The molecule has 1 amide bonds. The highest BCUT2D eigenvalue weighted by atomic mass is 32.3. The van der Waals surface area contributed by atoms with Crippen molar-refractivity contribution in [3.63, 3.8) is 0 Å². The molecule has 1 heterocycles. The third kappa shape index (κ3) is 4.30. The molecular formula is C18H26N2O5S2. The molecule has 0 radical (unpaired) electrons. The van der Waals surface area contributed by atoms with Crippen LogP contribution < -0.4 is 10.6 Å². The summed E-state index contributed by atoms with van der Waals surface area (Å²) in [5.74, 6) is -1.83. The molecule has 2 rings (SSSR count). The summed E-state index contributed by atoms with van der Waals surface area (Å²) in [6.45, 7) is 7.04. The number of carbonyl (C=O) groups is 2. The number of hydrogen-bond donors (Lipinski definition) is 3. The van der Waals surface area contributed by atoms with Crippen molar-refractivity contribution < 1.29 is 23.1 Å². The Bertz CT molecular complexity index is 808. The van der Waals surface area contributed by atoms with Crippen LogP contribution in [0.2, 0.25) is 0 Å². The van der Waals surface area contributed by atoms with Crippen molar-refractivity contribution in [3.8, 4) is 0 Å². The molecule has 7 nitrogen and oxygen atoms in total. The third-order valence-corrected chi connectivity index (χ3v) is 9.06. The Balaban J connectivity index is 2.31. The lowest BCUT2D eigenvalue weighted by molar-refractivity contribution is -0.158. The topological polar surface area (TPSA) is 113 Å². The minimum Gasteiger partial charge on any atom is -0.480 e. The largest absolute Gasteiger partial charge is 0.480 e. The third-order valence-electron chi connectivity index (χ3n) is 5.03. The Morgan fingerprint density at radius 3 is 2.41 bits per heavy atom. The number of aliphatic carboxylic acids is 1. The summed E-state index contributed by atoms with van der Waals surface area (Å²) in [4.78, 5) is 24.6. The van der Waals surface area contributed by atoms with Crippen LogP contribution in [0.15, 0.2) is 29.2 Å². The smallest absolute Gasteiger partial charge is 0.319 e. The first-order valence-electron chi connectivity index (χ1n) is 8.71. The molecule has 150 valence electrons. The fourth-order valence-corrected chi connectivity index (χ4v) is 6.20. The number of carboxylic acids is 1. The zero-order valence-electron chi connectivity index (χ0n) is 15.9. The molecule has 0 aliphatic carbocycles. The first kappa shape index (κ1) is 21.7. The second-order valence-corrected chi connectivity index (χ2v) is 10.8. The molecule has 1 fully saturated rings. The average Bonchev–Trinajstić information content (AvgIpc) is 2.61. The van der Waals surface area contributed by atoms with Crippen LogP contribution in [0, 0.1) is 18.3 Å². The Hall–Kier alpha value is -1.58. The van der Waals surface area contributed by atoms with Crippen molar-refractivity contribution >= 4 is 33.5 Å². The Morgan fingerprint density at radius 1 is 1.30 bits per heavy atom. The molecular weight excluding hydrogens is 388 g/mol. The summed E-state index contributed by atoms with van der Waals surface area (Å²) >= 11 is 1.23. The number of carboxylic acid groups (broad SMARTS) is 1. The van der Waals surface area contributed by atoms with Crippen LogP contribution in [0.1, 0.15) is 26.3 Å². The van der Waals surface area contributed by atoms with Gasteiger partial charge < -0.3 is 10.4 Å². The quantitative estimate of drug-likeness (QED) is 0.606. The van der Waals surface area contributed by atoms with E-state index in [0.29, 0.717) is 12.3 Å². The fraction of sp³-hybridized carbons (Fsp3) is 0.556. The van der Waals surface area contributed by atoms with Gasteiger partial charge in [-0.2, -0.15) is 0 Å². The standard InChI is InChI=1S/C18H26N2O5S2/c1-11(2)18(4,17(22)23)16(21)20-14-15(26-10-9-19-14)27(24,25)13-7-5-12(3)6-8-13/h5-8,11,14-15,19H,9-10H2,1-4H3,(H,20,21)(H,22,23). The van der Waals surface area contributed by atoms with E-state index in [1.807, 2.05) is 6.92 Å². The minimum atomic E-state index is -3.72. The van der Waals surface area contributed by atoms with Crippen LogP contribution in [0.3, 0.4) is 0 Å². The van der Waals surface area contributed by atoms with Crippen molar-refractivity contribution in [2.24, 2.45) is 11.3 Å². The maximum Gasteiger partial charge on any atom is 0.319 e. The van der Waals surface area contributed by atoms with Gasteiger partial charge in [0.05, 0.1) is 4.90 Å². The number of hydrogen-bond acceptors (Lipinski definition) is 6. The minimum absolute atomic E-state index is 0.179. The normalized spacial score (nSPS) is 22.9. The van der Waals surface area contributed by atoms with E-state index in [1.165, 1.54) is 18.7 Å². The molecule has 27 heavy (non-hydrogen) atoms. The van der Waals surface area contributed by atoms with Gasteiger partial charge >= 0.3 is 5.97 Å². The zero-order chi connectivity index (χ0) is 20.4. The SMILES string of the molecule is Cc1ccc(S(=O)(=O)C2SCCNC2NC(=O)C(C)(C(=O)O)C(C)C)cc1. The lowest BCUT2D eigenvalue weighted by Crippen LogP contribution is -2.61. The number of thioether (sulfide) groups is 1. The van der Waals surface area contributed by atoms with Crippen molar-refractivity contribution in [2.45, 2.75) is 43.3 Å². The number of nitrogens with one attached hydrogen (secondary N) is 2. The van der Waals surface area contributed by atoms with E-state index in [2.05, 4.69) is 10.6 Å². The molecule has 3 unspecified atom stereocenters. The monoisotopic (exact) mass is 414 g/mol. The molecule has 1 aromatic rings. The van der Waals surface area contributed by atoms with E-state index in [-0.39, 0.29) is 4.90 Å². The lowest BCUT2D eigenvalue weighted by Gasteiger charge is -2.35. The van der Waals surface area contributed by atoms with Crippen molar-refractivity contribution in [1.82, 2.24) is 10.6 Å². The van der Waals surface area contributed by atoms with Gasteiger partial charge in [0, 0.05) is 12.3 Å². The van der Waals surface area contributed by atoms with E-state index in [4.69, 9.17) is 0 Å². The van der Waals surface area contributed by atoms with E-state index in [0.717, 1.165) is 5.56 Å². The highest BCUT2D eigenvalue weighted by molar-refractivity contribution is 8.13. The first-order valence-corrected chi connectivity index (χ1v) is 11.3. The van der Waals surface area contributed by atoms with Crippen LogP contribution in [-0.2, 0) is 19.4 Å². The average molecular weight is 415 g/mol. The summed E-state index contributed by atoms with van der Waals surface area (Å²) in [7, 11) is -3.72. The van der Waals surface area contributed by atoms with Gasteiger partial charge in [0.25, 0.3) is 0 Å². The van der Waals surface area contributed by atoms with E-state index >= 15 is 0 Å². The lowest BCUT2D eigenvalue weighted by atomic mass is 9.78. The highest BCUT2D eigenvalue weighted by Crippen LogP contribution is 2.31. The molecule has 1 aliphatic rings. The predicted molar refractivity (Wildman–Crippen MR) is 105 cm³/mol. The fourth-order valence-electron chi connectivity index (χ4n) is 2.73. The number of sulfone groups is 1. The Morgan fingerprint density at radius 2 is 1.89 bits per heavy atom. The molecule has 1 saturated heterocycles. The van der Waals surface area contributed by atoms with Gasteiger partial charge in [-0.05, 0) is 31.9 Å². The van der Waals surface area contributed by atoms with Gasteiger partial charge in [-0.25, -0.2) is 8.42 Å². The summed E-state index contributed by atoms with van der Waals surface area (Å²) in [5, 5.41) is 15.2. The summed E-state index contributed by atoms with van der Waals surface area (Å²) in [6, 6.07) is 6.55. The number of carbonyl (C=O) groups excluding carboxylic acids is 1. The van der Waals surface area contributed by atoms with Crippen molar-refractivity contribution in [2.75, 3.05) is 12.3 Å². The van der Waals surface area contributed by atoms with Crippen LogP contribution in [0.25, 0.3) is 0 Å². The van der Waals surface area contributed by atoms with Gasteiger partial charge in [0.2, 0.25) is 5.91 Å². The summed E-state index contributed by atoms with van der Waals surface area (Å²) in [6.07, 6.45) is -0.875. The Kier molecular flexibility index (Phi) is 6.59. The van der Waals surface area contributed by atoms with Gasteiger partial charge in [-0.3, -0.25) is 14.9 Å². The van der Waals surface area contributed by atoms with E-state index < -0.39 is 43.8 Å². The summed E-state index contributed by atoms with van der Waals surface area (Å²) in [5.41, 5.74) is -0.704. The molecule has 0 spiro atoms. The van der Waals surface area contributed by atoms with E-state index in [9.17, 15) is 23.1 Å². The van der Waals surface area contributed by atoms with Crippen molar-refractivity contribution in [1.29, 1.82) is 0 Å². The van der Waals surface area contributed by atoms with Gasteiger partial charge in [0.1, 0.15) is 16.2 Å². The van der Waals surface area contributed by atoms with E-state index in [1.54, 1.807) is 38.1 Å². The molecule has 0 bridgehead atoms. The van der Waals surface area contributed by atoms with Gasteiger partial charge in [-0.1, -0.05) is 31.5 Å². The molecule has 1 aliphatic heterocycles. The van der Waals surface area contributed by atoms with Crippen LogP contribution in [0.4, 0.5) is 0 Å². The number of aryl methyl sites for hydroxylation is 1. The number of benzene rings is 1. The molecule has 9 heteroatoms. The number of amides is 1. The molecule has 3 atom stereocenters. The highest BCUT2D eigenvalue weighted by Gasteiger charge is 2.47. The first-order chi connectivity index (χ1) is 12.5. The predicted octanol–water partition coefficient (Wildman–Crippen LogP) is 1.62. The maximum absolute atomic E-state index is 13.1.